The lowest BCUT2D eigenvalue weighted by Gasteiger charge is -2.30. The molecule has 0 saturated carbocycles. The van der Waals surface area contributed by atoms with E-state index in [-0.39, 0.29) is 11.4 Å². The van der Waals surface area contributed by atoms with Gasteiger partial charge < -0.3 is 14.7 Å². The van der Waals surface area contributed by atoms with Crippen molar-refractivity contribution in [1.29, 1.82) is 0 Å². The van der Waals surface area contributed by atoms with Gasteiger partial charge in [0.25, 0.3) is 5.91 Å². The molecular weight excluding hydrogens is 568 g/mol. The molecule has 0 bridgehead atoms. The van der Waals surface area contributed by atoms with Crippen molar-refractivity contribution >= 4 is 55.0 Å². The van der Waals surface area contributed by atoms with Crippen molar-refractivity contribution in [2.75, 3.05) is 39.4 Å². The number of Topliss-reactive ketones (excluding diaryl/α,β-unsaturated/α-hetero) is 1. The number of aliphatic hydroxyl groups excluding tert-OH is 1. The van der Waals surface area contributed by atoms with Gasteiger partial charge in [0.2, 0.25) is 5.78 Å². The highest BCUT2D eigenvalue weighted by molar-refractivity contribution is 9.10. The number of thiazole rings is 1. The lowest BCUT2D eigenvalue weighted by atomic mass is 9.95. The molecule has 0 spiro atoms. The summed E-state index contributed by atoms with van der Waals surface area (Å²) in [7, 11) is 0. The van der Waals surface area contributed by atoms with E-state index in [1.54, 1.807) is 4.90 Å². The smallest absolute Gasteiger partial charge is 0.290 e. The van der Waals surface area contributed by atoms with Crippen LogP contribution in [0.3, 0.4) is 0 Å². The Hall–Kier alpha value is -3.05. The molecule has 2 aliphatic heterocycles. The first-order valence-corrected chi connectivity index (χ1v) is 14.3. The molecule has 196 valence electrons. The van der Waals surface area contributed by atoms with Crippen LogP contribution in [0.2, 0.25) is 0 Å². The zero-order valence-electron chi connectivity index (χ0n) is 20.9. The second kappa shape index (κ2) is 10.3. The van der Waals surface area contributed by atoms with Crippen molar-refractivity contribution < 1.29 is 19.4 Å². The quantitative estimate of drug-likeness (QED) is 0.306. The van der Waals surface area contributed by atoms with Crippen molar-refractivity contribution in [2.24, 2.45) is 0 Å². The Morgan fingerprint density at radius 2 is 1.95 bits per heavy atom. The van der Waals surface area contributed by atoms with Crippen molar-refractivity contribution in [2.45, 2.75) is 19.4 Å². The molecule has 0 aliphatic carbocycles. The van der Waals surface area contributed by atoms with Gasteiger partial charge in [-0.1, -0.05) is 51.5 Å². The van der Waals surface area contributed by atoms with Crippen LogP contribution >= 0.6 is 27.3 Å². The maximum Gasteiger partial charge on any atom is 0.290 e. The third-order valence-corrected chi connectivity index (χ3v) is 8.92. The molecule has 0 radical (unpaired) electrons. The van der Waals surface area contributed by atoms with Gasteiger partial charge >= 0.3 is 0 Å². The van der Waals surface area contributed by atoms with Crippen LogP contribution in [0.15, 0.2) is 64.3 Å². The second-order valence-electron chi connectivity index (χ2n) is 9.59. The standard InChI is InChI=1S/C28H27BrN4O4S/c1-17-26(38-28-30-20-8-2-3-9-21(20)33(17)28)24(34)22-23(18-6-4-7-19(29)16-18)32(27(36)25(22)35)11-5-10-31-12-14-37-15-13-31/h2-4,6-9,16,23,35H,5,10-15H2,1H3. The molecule has 2 aliphatic rings. The summed E-state index contributed by atoms with van der Waals surface area (Å²) in [5.74, 6) is -1.32. The van der Waals surface area contributed by atoms with Gasteiger partial charge in [0.1, 0.15) is 0 Å². The number of amides is 1. The number of ketones is 1. The summed E-state index contributed by atoms with van der Waals surface area (Å²) in [6.45, 7) is 6.27. The van der Waals surface area contributed by atoms with E-state index in [0.717, 1.165) is 52.8 Å². The fourth-order valence-electron chi connectivity index (χ4n) is 5.43. The summed E-state index contributed by atoms with van der Waals surface area (Å²) in [5, 5.41) is 11.1. The third-order valence-electron chi connectivity index (χ3n) is 7.28. The van der Waals surface area contributed by atoms with E-state index in [9.17, 15) is 14.7 Å². The summed E-state index contributed by atoms with van der Waals surface area (Å²) in [6, 6.07) is 14.7. The average molecular weight is 596 g/mol. The molecule has 4 aromatic rings. The van der Waals surface area contributed by atoms with Crippen LogP contribution in [-0.4, -0.2) is 75.4 Å². The molecule has 1 unspecified atom stereocenters. The third kappa shape index (κ3) is 4.35. The molecule has 1 saturated heterocycles. The largest absolute Gasteiger partial charge is 0.503 e. The fraction of sp³-hybridized carbons (Fsp3) is 0.321. The summed E-state index contributed by atoms with van der Waals surface area (Å²) < 4.78 is 8.24. The normalized spacial score (nSPS) is 18.8. The first kappa shape index (κ1) is 25.2. The van der Waals surface area contributed by atoms with Gasteiger partial charge in [0.15, 0.2) is 10.7 Å². The van der Waals surface area contributed by atoms with Crippen molar-refractivity contribution in [3.63, 3.8) is 0 Å². The van der Waals surface area contributed by atoms with Crippen molar-refractivity contribution in [3.8, 4) is 0 Å². The van der Waals surface area contributed by atoms with E-state index in [2.05, 4.69) is 25.8 Å². The number of benzene rings is 2. The Morgan fingerprint density at radius 1 is 1.16 bits per heavy atom. The number of aryl methyl sites for hydroxylation is 1. The number of carbonyl (C=O) groups excluding carboxylic acids is 2. The number of morpholine rings is 1. The van der Waals surface area contributed by atoms with Gasteiger partial charge in [-0.05, 0) is 43.2 Å². The van der Waals surface area contributed by atoms with E-state index >= 15 is 0 Å². The zero-order chi connectivity index (χ0) is 26.4. The highest BCUT2D eigenvalue weighted by Gasteiger charge is 2.44. The monoisotopic (exact) mass is 594 g/mol. The molecule has 10 heteroatoms. The molecule has 2 aromatic carbocycles. The Morgan fingerprint density at radius 3 is 2.74 bits per heavy atom. The minimum atomic E-state index is -0.678. The van der Waals surface area contributed by atoms with Crippen LogP contribution in [0.1, 0.15) is 33.4 Å². The van der Waals surface area contributed by atoms with Gasteiger partial charge in [-0.15, -0.1) is 0 Å². The number of hydrogen-bond donors (Lipinski definition) is 1. The fourth-order valence-corrected chi connectivity index (χ4v) is 6.94. The summed E-state index contributed by atoms with van der Waals surface area (Å²) >= 11 is 4.81. The molecule has 2 aromatic heterocycles. The topological polar surface area (TPSA) is 87.4 Å². The zero-order valence-corrected chi connectivity index (χ0v) is 23.3. The Bertz CT molecular complexity index is 1590. The van der Waals surface area contributed by atoms with E-state index in [0.29, 0.717) is 29.6 Å². The number of ether oxygens (including phenoxy) is 1. The first-order valence-electron chi connectivity index (χ1n) is 12.6. The molecule has 4 heterocycles. The van der Waals surface area contributed by atoms with E-state index in [1.165, 1.54) is 11.3 Å². The van der Waals surface area contributed by atoms with Gasteiger partial charge in [-0.2, -0.15) is 0 Å². The van der Waals surface area contributed by atoms with E-state index < -0.39 is 17.7 Å². The lowest BCUT2D eigenvalue weighted by molar-refractivity contribution is -0.129. The van der Waals surface area contributed by atoms with Crippen LogP contribution in [0.5, 0.6) is 0 Å². The van der Waals surface area contributed by atoms with Crippen LogP contribution in [0, 0.1) is 6.92 Å². The first-order chi connectivity index (χ1) is 18.4. The number of halogens is 1. The van der Waals surface area contributed by atoms with E-state index in [1.807, 2.05) is 59.9 Å². The van der Waals surface area contributed by atoms with Gasteiger partial charge in [0, 0.05) is 36.3 Å². The average Bonchev–Trinajstić information content (AvgIpc) is 3.53. The molecule has 1 fully saturated rings. The van der Waals surface area contributed by atoms with Crippen LogP contribution < -0.4 is 0 Å². The van der Waals surface area contributed by atoms with Gasteiger partial charge in [0.05, 0.1) is 40.7 Å². The summed E-state index contributed by atoms with van der Waals surface area (Å²) in [5.41, 5.74) is 3.42. The SMILES string of the molecule is Cc1c(C(=O)C2=C(O)C(=O)N(CCCN3CCOCC3)C2c2cccc(Br)c2)sc2nc3ccccc3n12. The minimum absolute atomic E-state index is 0.122. The number of imidazole rings is 1. The molecular formula is C28H27BrN4O4S. The molecule has 38 heavy (non-hydrogen) atoms. The molecule has 1 amide bonds. The number of rotatable bonds is 7. The number of carbonyl (C=O) groups is 2. The molecule has 1 atom stereocenters. The Kier molecular flexibility index (Phi) is 6.81. The molecule has 8 nitrogen and oxygen atoms in total. The minimum Gasteiger partial charge on any atom is -0.503 e. The summed E-state index contributed by atoms with van der Waals surface area (Å²) in [6.07, 6.45) is 0.725. The predicted octanol–water partition coefficient (Wildman–Crippen LogP) is 4.92. The number of fused-ring (bicyclic) bond motifs is 3. The number of nitrogens with zero attached hydrogens (tertiary/aromatic N) is 4. The van der Waals surface area contributed by atoms with Crippen LogP contribution in [-0.2, 0) is 9.53 Å². The summed E-state index contributed by atoms with van der Waals surface area (Å²) in [4.78, 5) is 37.3. The molecule has 1 N–H and O–H groups in total. The Balaban J connectivity index is 1.36. The van der Waals surface area contributed by atoms with Gasteiger partial charge in [-0.3, -0.25) is 18.9 Å². The molecule has 6 rings (SSSR count). The number of para-hydroxylation sites is 2. The maximum atomic E-state index is 14.1. The van der Waals surface area contributed by atoms with Crippen molar-refractivity contribution in [3.05, 3.63) is 80.5 Å². The van der Waals surface area contributed by atoms with E-state index in [4.69, 9.17) is 4.74 Å². The van der Waals surface area contributed by atoms with Crippen LogP contribution in [0.25, 0.3) is 16.0 Å². The second-order valence-corrected chi connectivity index (χ2v) is 11.5. The number of aliphatic hydroxyl groups is 1. The number of hydrogen-bond acceptors (Lipinski definition) is 7. The van der Waals surface area contributed by atoms with Crippen molar-refractivity contribution in [1.82, 2.24) is 19.2 Å². The number of aromatic nitrogens is 2. The highest BCUT2D eigenvalue weighted by atomic mass is 79.9. The lowest BCUT2D eigenvalue weighted by Crippen LogP contribution is -2.39. The van der Waals surface area contributed by atoms with Crippen LogP contribution in [0.4, 0.5) is 0 Å². The highest BCUT2D eigenvalue weighted by Crippen LogP contribution is 2.41. The predicted molar refractivity (Wildman–Crippen MR) is 150 cm³/mol. The Labute approximate surface area is 232 Å². The van der Waals surface area contributed by atoms with Gasteiger partial charge in [-0.25, -0.2) is 4.98 Å². The maximum absolute atomic E-state index is 14.1.